The van der Waals surface area contributed by atoms with E-state index >= 15 is 0 Å². The molecule has 0 aromatic heterocycles. The maximum Gasteiger partial charge on any atom is 0.320 e. The molecule has 1 aliphatic rings. The number of hydrogen-bond donors (Lipinski definition) is 2. The van der Waals surface area contributed by atoms with Gasteiger partial charge in [-0.2, -0.15) is 0 Å². The molecule has 0 aromatic rings. The molecule has 0 aliphatic carbocycles. The van der Waals surface area contributed by atoms with E-state index in [-0.39, 0.29) is 0 Å². The predicted molar refractivity (Wildman–Crippen MR) is 66.1 cm³/mol. The molecule has 1 aliphatic heterocycles. The van der Waals surface area contributed by atoms with Gasteiger partial charge in [0.1, 0.15) is 6.04 Å². The minimum atomic E-state index is -0.771. The second kappa shape index (κ2) is 7.63. The Morgan fingerprint density at radius 3 is 2.71 bits per heavy atom. The third kappa shape index (κ3) is 5.48. The number of nitrogens with zero attached hydrogens (tertiary/aromatic N) is 1. The van der Waals surface area contributed by atoms with Gasteiger partial charge in [0.15, 0.2) is 0 Å². The fraction of sp³-hybridized carbons (Fsp3) is 0.917. The summed E-state index contributed by atoms with van der Waals surface area (Å²) in [6.45, 7) is 3.59. The van der Waals surface area contributed by atoms with Crippen LogP contribution < -0.4 is 5.32 Å². The normalized spacial score (nSPS) is 19.5. The van der Waals surface area contributed by atoms with Crippen molar-refractivity contribution in [3.05, 3.63) is 0 Å². The van der Waals surface area contributed by atoms with Gasteiger partial charge in [0.2, 0.25) is 0 Å². The van der Waals surface area contributed by atoms with Crippen molar-refractivity contribution < 1.29 is 14.6 Å². The summed E-state index contributed by atoms with van der Waals surface area (Å²) in [4.78, 5) is 13.1. The summed E-state index contributed by atoms with van der Waals surface area (Å²) < 4.78 is 5.32. The number of ether oxygens (including phenoxy) is 1. The average molecular weight is 244 g/mol. The Kier molecular flexibility index (Phi) is 6.47. The van der Waals surface area contributed by atoms with Crippen molar-refractivity contribution in [3.8, 4) is 0 Å². The highest BCUT2D eigenvalue weighted by atomic mass is 16.5. The van der Waals surface area contributed by atoms with E-state index in [1.807, 2.05) is 0 Å². The van der Waals surface area contributed by atoms with E-state index in [2.05, 4.69) is 17.3 Å². The maximum atomic E-state index is 10.8. The standard InChI is InChI=1S/C12H24N2O3/c1-13-11(12(15)16)3-6-14(2)9-10-4-7-17-8-5-10/h10-11,13H,3-9H2,1-2H3,(H,15,16). The van der Waals surface area contributed by atoms with Crippen LogP contribution in [0.2, 0.25) is 0 Å². The quantitative estimate of drug-likeness (QED) is 0.679. The van der Waals surface area contributed by atoms with Gasteiger partial charge in [-0.3, -0.25) is 4.79 Å². The SMILES string of the molecule is CNC(CCN(C)CC1CCOCC1)C(=O)O. The van der Waals surface area contributed by atoms with Crippen molar-refractivity contribution in [2.24, 2.45) is 5.92 Å². The van der Waals surface area contributed by atoms with Crippen molar-refractivity contribution in [1.82, 2.24) is 10.2 Å². The van der Waals surface area contributed by atoms with E-state index in [0.29, 0.717) is 12.3 Å². The third-order valence-corrected chi connectivity index (χ3v) is 3.36. The summed E-state index contributed by atoms with van der Waals surface area (Å²) in [5.41, 5.74) is 0. The van der Waals surface area contributed by atoms with Crippen LogP contribution in [0.15, 0.2) is 0 Å². The van der Waals surface area contributed by atoms with E-state index in [0.717, 1.165) is 39.1 Å². The van der Waals surface area contributed by atoms with Crippen LogP contribution in [0, 0.1) is 5.92 Å². The van der Waals surface area contributed by atoms with Crippen molar-refractivity contribution >= 4 is 5.97 Å². The van der Waals surface area contributed by atoms with E-state index in [9.17, 15) is 4.79 Å². The van der Waals surface area contributed by atoms with Crippen molar-refractivity contribution in [3.63, 3.8) is 0 Å². The van der Waals surface area contributed by atoms with Gasteiger partial charge in [0, 0.05) is 19.8 Å². The van der Waals surface area contributed by atoms with E-state index in [4.69, 9.17) is 9.84 Å². The molecule has 0 saturated carbocycles. The second-order valence-corrected chi connectivity index (χ2v) is 4.79. The summed E-state index contributed by atoms with van der Waals surface area (Å²) in [6, 6.07) is -0.438. The molecule has 0 amide bonds. The monoisotopic (exact) mass is 244 g/mol. The number of likely N-dealkylation sites (N-methyl/N-ethyl adjacent to an activating group) is 1. The summed E-state index contributed by atoms with van der Waals surface area (Å²) in [5, 5.41) is 11.7. The molecule has 1 unspecified atom stereocenters. The smallest absolute Gasteiger partial charge is 0.320 e. The Labute approximate surface area is 103 Å². The molecule has 1 atom stereocenters. The molecule has 5 heteroatoms. The van der Waals surface area contributed by atoms with Crippen LogP contribution in [-0.4, -0.2) is 62.4 Å². The molecule has 1 rings (SSSR count). The Morgan fingerprint density at radius 1 is 1.53 bits per heavy atom. The molecule has 1 fully saturated rings. The predicted octanol–water partition coefficient (Wildman–Crippen LogP) is 0.408. The number of carboxylic acid groups (broad SMARTS) is 1. The van der Waals surface area contributed by atoms with Gasteiger partial charge in [-0.05, 0) is 45.8 Å². The summed E-state index contributed by atoms with van der Waals surface area (Å²) in [6.07, 6.45) is 2.89. The summed E-state index contributed by atoms with van der Waals surface area (Å²) in [5.74, 6) is -0.0708. The van der Waals surface area contributed by atoms with Crippen molar-refractivity contribution in [2.45, 2.75) is 25.3 Å². The first-order chi connectivity index (χ1) is 8.13. The number of nitrogens with one attached hydrogen (secondary N) is 1. The molecule has 0 radical (unpaired) electrons. The second-order valence-electron chi connectivity index (χ2n) is 4.79. The fourth-order valence-corrected chi connectivity index (χ4v) is 2.20. The maximum absolute atomic E-state index is 10.8. The van der Waals surface area contributed by atoms with E-state index in [1.165, 1.54) is 0 Å². The van der Waals surface area contributed by atoms with Crippen molar-refractivity contribution in [2.75, 3.05) is 40.4 Å². The van der Waals surface area contributed by atoms with Crippen LogP contribution in [0.25, 0.3) is 0 Å². The zero-order valence-electron chi connectivity index (χ0n) is 10.8. The Hall–Kier alpha value is -0.650. The number of hydrogen-bond acceptors (Lipinski definition) is 4. The van der Waals surface area contributed by atoms with E-state index in [1.54, 1.807) is 7.05 Å². The summed E-state index contributed by atoms with van der Waals surface area (Å²) >= 11 is 0. The van der Waals surface area contributed by atoms with Crippen LogP contribution in [0.1, 0.15) is 19.3 Å². The number of carbonyl (C=O) groups is 1. The molecular formula is C12H24N2O3. The minimum absolute atomic E-state index is 0.438. The molecule has 5 nitrogen and oxygen atoms in total. The van der Waals surface area contributed by atoms with Crippen LogP contribution in [0.4, 0.5) is 0 Å². The van der Waals surface area contributed by atoms with Gasteiger partial charge in [-0.25, -0.2) is 0 Å². The zero-order chi connectivity index (χ0) is 12.7. The fourth-order valence-electron chi connectivity index (χ4n) is 2.20. The Balaban J connectivity index is 2.19. The summed E-state index contributed by atoms with van der Waals surface area (Å²) in [7, 11) is 3.75. The highest BCUT2D eigenvalue weighted by Crippen LogP contribution is 2.15. The van der Waals surface area contributed by atoms with Crippen molar-refractivity contribution in [1.29, 1.82) is 0 Å². The van der Waals surface area contributed by atoms with Crippen LogP contribution in [0.5, 0.6) is 0 Å². The number of rotatable bonds is 7. The molecule has 1 saturated heterocycles. The Morgan fingerprint density at radius 2 is 2.18 bits per heavy atom. The minimum Gasteiger partial charge on any atom is -0.480 e. The molecular weight excluding hydrogens is 220 g/mol. The lowest BCUT2D eigenvalue weighted by Gasteiger charge is -2.27. The third-order valence-electron chi connectivity index (χ3n) is 3.36. The first-order valence-corrected chi connectivity index (χ1v) is 6.30. The Bertz CT molecular complexity index is 230. The first-order valence-electron chi connectivity index (χ1n) is 6.30. The zero-order valence-corrected chi connectivity index (χ0v) is 10.8. The molecule has 0 aromatic carbocycles. The van der Waals surface area contributed by atoms with Gasteiger partial charge in [0.25, 0.3) is 0 Å². The topological polar surface area (TPSA) is 61.8 Å². The molecule has 1 heterocycles. The lowest BCUT2D eigenvalue weighted by molar-refractivity contribution is -0.139. The van der Waals surface area contributed by atoms with E-state index < -0.39 is 12.0 Å². The highest BCUT2D eigenvalue weighted by Gasteiger charge is 2.18. The van der Waals surface area contributed by atoms with Gasteiger partial charge in [-0.1, -0.05) is 0 Å². The highest BCUT2D eigenvalue weighted by molar-refractivity contribution is 5.73. The van der Waals surface area contributed by atoms with Gasteiger partial charge < -0.3 is 20.1 Å². The van der Waals surface area contributed by atoms with Crippen LogP contribution in [-0.2, 0) is 9.53 Å². The molecule has 2 N–H and O–H groups in total. The average Bonchev–Trinajstić information content (AvgIpc) is 2.30. The lowest BCUT2D eigenvalue weighted by atomic mass is 10.00. The van der Waals surface area contributed by atoms with Gasteiger partial charge in [0.05, 0.1) is 0 Å². The number of carboxylic acids is 1. The molecule has 0 bridgehead atoms. The van der Waals surface area contributed by atoms with Crippen LogP contribution >= 0.6 is 0 Å². The molecule has 0 spiro atoms. The van der Waals surface area contributed by atoms with Gasteiger partial charge >= 0.3 is 5.97 Å². The number of aliphatic carboxylic acids is 1. The molecule has 17 heavy (non-hydrogen) atoms. The van der Waals surface area contributed by atoms with Gasteiger partial charge in [-0.15, -0.1) is 0 Å². The first kappa shape index (κ1) is 14.4. The molecule has 100 valence electrons. The lowest BCUT2D eigenvalue weighted by Crippen LogP contribution is -2.38. The largest absolute Gasteiger partial charge is 0.480 e. The van der Waals surface area contributed by atoms with Crippen LogP contribution in [0.3, 0.4) is 0 Å².